The van der Waals surface area contributed by atoms with Gasteiger partial charge in [-0.3, -0.25) is 0 Å². The molecule has 1 heteroatoms. The van der Waals surface area contributed by atoms with Gasteiger partial charge in [-0.25, -0.2) is 0 Å². The molecule has 120 valence electrons. The predicted molar refractivity (Wildman–Crippen MR) is 98.9 cm³/mol. The largest absolute Gasteiger partial charge is 0.192 e. The molecule has 0 fully saturated rings. The molecule has 0 N–H and O–H groups in total. The van der Waals surface area contributed by atoms with Crippen LogP contribution in [0.15, 0.2) is 42.5 Å². The summed E-state index contributed by atoms with van der Waals surface area (Å²) in [7, 11) is 0. The number of nitriles is 1. The summed E-state index contributed by atoms with van der Waals surface area (Å²) in [6, 6.07) is 16.2. The van der Waals surface area contributed by atoms with Crippen molar-refractivity contribution in [3.63, 3.8) is 0 Å². The Balaban J connectivity index is 1.97. The van der Waals surface area contributed by atoms with Crippen LogP contribution in [0, 0.1) is 23.2 Å². The molecule has 24 heavy (non-hydrogen) atoms. The Morgan fingerprint density at radius 1 is 0.708 bits per heavy atom. The first-order valence-electron chi connectivity index (χ1n) is 8.49. The van der Waals surface area contributed by atoms with E-state index in [-0.39, 0.29) is 10.8 Å². The maximum absolute atomic E-state index is 8.85. The van der Waals surface area contributed by atoms with E-state index in [2.05, 4.69) is 63.8 Å². The molecule has 0 amide bonds. The van der Waals surface area contributed by atoms with Crippen molar-refractivity contribution in [2.75, 3.05) is 0 Å². The van der Waals surface area contributed by atoms with E-state index in [1.807, 2.05) is 24.3 Å². The van der Waals surface area contributed by atoms with Crippen molar-refractivity contribution < 1.29 is 0 Å². The molecule has 1 aliphatic rings. The molecule has 3 rings (SSSR count). The van der Waals surface area contributed by atoms with E-state index in [9.17, 15) is 0 Å². The highest BCUT2D eigenvalue weighted by molar-refractivity contribution is 5.50. The second-order valence-corrected chi connectivity index (χ2v) is 7.97. The minimum absolute atomic E-state index is 0.205. The number of nitrogens with zero attached hydrogens (tertiary/aromatic N) is 1. The molecule has 0 radical (unpaired) electrons. The highest BCUT2D eigenvalue weighted by atomic mass is 14.4. The zero-order chi connectivity index (χ0) is 17.4. The average Bonchev–Trinajstić information content (AvgIpc) is 2.58. The zero-order valence-electron chi connectivity index (χ0n) is 14.9. The van der Waals surface area contributed by atoms with E-state index in [4.69, 9.17) is 5.26 Å². The Morgan fingerprint density at radius 3 is 1.83 bits per heavy atom. The van der Waals surface area contributed by atoms with Gasteiger partial charge in [-0.1, -0.05) is 45.6 Å². The molecule has 0 saturated heterocycles. The summed E-state index contributed by atoms with van der Waals surface area (Å²) in [5.74, 6) is 6.49. The highest BCUT2D eigenvalue weighted by Gasteiger charge is 2.36. The van der Waals surface area contributed by atoms with Crippen molar-refractivity contribution in [2.24, 2.45) is 0 Å². The van der Waals surface area contributed by atoms with Gasteiger partial charge in [-0.05, 0) is 71.2 Å². The Morgan fingerprint density at radius 2 is 1.21 bits per heavy atom. The van der Waals surface area contributed by atoms with Crippen LogP contribution in [0.1, 0.15) is 68.4 Å². The van der Waals surface area contributed by atoms with Gasteiger partial charge in [-0.15, -0.1) is 0 Å². The normalized spacial score (nSPS) is 17.1. The fraction of sp³-hybridized carbons (Fsp3) is 0.348. The van der Waals surface area contributed by atoms with Gasteiger partial charge in [0.1, 0.15) is 0 Å². The second kappa shape index (κ2) is 5.85. The SMILES string of the molecule is CC1(C)CCC(C)(C)c2cc(C#Cc3ccc(C#N)cc3)ccc21. The summed E-state index contributed by atoms with van der Waals surface area (Å²) in [6.07, 6.45) is 2.43. The van der Waals surface area contributed by atoms with E-state index in [0.29, 0.717) is 5.56 Å². The first-order valence-corrected chi connectivity index (χ1v) is 8.49. The maximum Gasteiger partial charge on any atom is 0.0991 e. The summed E-state index contributed by atoms with van der Waals surface area (Å²) < 4.78 is 0. The molecular formula is C23H23N. The molecule has 0 unspecified atom stereocenters. The molecule has 1 nitrogen and oxygen atoms in total. The van der Waals surface area contributed by atoms with Crippen LogP contribution in [0.25, 0.3) is 0 Å². The molecule has 0 atom stereocenters. The summed E-state index contributed by atoms with van der Waals surface area (Å²) >= 11 is 0. The lowest BCUT2D eigenvalue weighted by atomic mass is 9.63. The van der Waals surface area contributed by atoms with Crippen molar-refractivity contribution in [3.8, 4) is 17.9 Å². The average molecular weight is 313 g/mol. The summed E-state index contributed by atoms with van der Waals surface area (Å²) in [4.78, 5) is 0. The fourth-order valence-corrected chi connectivity index (χ4v) is 3.44. The summed E-state index contributed by atoms with van der Waals surface area (Å²) in [5.41, 5.74) is 6.00. The van der Waals surface area contributed by atoms with Crippen LogP contribution >= 0.6 is 0 Å². The van der Waals surface area contributed by atoms with Gasteiger partial charge in [0.25, 0.3) is 0 Å². The van der Waals surface area contributed by atoms with E-state index < -0.39 is 0 Å². The number of hydrogen-bond acceptors (Lipinski definition) is 1. The minimum atomic E-state index is 0.205. The predicted octanol–water partition coefficient (Wildman–Crippen LogP) is 5.31. The second-order valence-electron chi connectivity index (χ2n) is 7.97. The van der Waals surface area contributed by atoms with Crippen molar-refractivity contribution >= 4 is 0 Å². The van der Waals surface area contributed by atoms with E-state index in [0.717, 1.165) is 11.1 Å². The molecule has 0 spiro atoms. The number of rotatable bonds is 0. The Hall–Kier alpha value is -2.51. The molecule has 0 aromatic heterocycles. The van der Waals surface area contributed by atoms with E-state index in [1.165, 1.54) is 24.0 Å². The van der Waals surface area contributed by atoms with Crippen molar-refractivity contribution in [1.29, 1.82) is 5.26 Å². The lowest BCUT2D eigenvalue weighted by molar-refractivity contribution is 0.332. The summed E-state index contributed by atoms with van der Waals surface area (Å²) in [6.45, 7) is 9.34. The smallest absolute Gasteiger partial charge is 0.0991 e. The van der Waals surface area contributed by atoms with Gasteiger partial charge in [0.15, 0.2) is 0 Å². The third-order valence-electron chi connectivity index (χ3n) is 5.22. The van der Waals surface area contributed by atoms with Crippen LogP contribution in [0.4, 0.5) is 0 Å². The molecule has 0 aliphatic heterocycles. The fourth-order valence-electron chi connectivity index (χ4n) is 3.44. The van der Waals surface area contributed by atoms with Gasteiger partial charge in [-0.2, -0.15) is 5.26 Å². The third kappa shape index (κ3) is 3.08. The van der Waals surface area contributed by atoms with Gasteiger partial charge < -0.3 is 0 Å². The maximum atomic E-state index is 8.85. The van der Waals surface area contributed by atoms with Crippen LogP contribution in [-0.4, -0.2) is 0 Å². The highest BCUT2D eigenvalue weighted by Crippen LogP contribution is 2.45. The van der Waals surface area contributed by atoms with Crippen molar-refractivity contribution in [3.05, 3.63) is 70.3 Å². The number of fused-ring (bicyclic) bond motifs is 1. The minimum Gasteiger partial charge on any atom is -0.192 e. The first-order chi connectivity index (χ1) is 11.3. The number of hydrogen-bond donors (Lipinski definition) is 0. The van der Waals surface area contributed by atoms with Crippen LogP contribution < -0.4 is 0 Å². The molecular weight excluding hydrogens is 290 g/mol. The Bertz CT molecular complexity index is 865. The van der Waals surface area contributed by atoms with Crippen LogP contribution in [0.3, 0.4) is 0 Å². The van der Waals surface area contributed by atoms with E-state index in [1.54, 1.807) is 0 Å². The molecule has 1 aliphatic carbocycles. The molecule has 0 heterocycles. The van der Waals surface area contributed by atoms with Crippen molar-refractivity contribution in [1.82, 2.24) is 0 Å². The monoisotopic (exact) mass is 313 g/mol. The topological polar surface area (TPSA) is 23.8 Å². The first kappa shape index (κ1) is 16.4. The number of benzene rings is 2. The standard InChI is InChI=1S/C23H23N/c1-22(2)13-14-23(3,4)21-15-18(11-12-20(21)22)8-5-17-6-9-19(16-24)10-7-17/h6-7,9-12,15H,13-14H2,1-4H3. The molecule has 2 aromatic rings. The van der Waals surface area contributed by atoms with Crippen LogP contribution in [0.2, 0.25) is 0 Å². The van der Waals surface area contributed by atoms with Gasteiger partial charge in [0.2, 0.25) is 0 Å². The van der Waals surface area contributed by atoms with Crippen molar-refractivity contribution in [2.45, 2.75) is 51.4 Å². The van der Waals surface area contributed by atoms with E-state index >= 15 is 0 Å². The summed E-state index contributed by atoms with van der Waals surface area (Å²) in [5, 5.41) is 8.85. The zero-order valence-corrected chi connectivity index (χ0v) is 14.9. The van der Waals surface area contributed by atoms with Crippen LogP contribution in [-0.2, 0) is 10.8 Å². The quantitative estimate of drug-likeness (QED) is 0.605. The lowest BCUT2D eigenvalue weighted by Gasteiger charge is -2.41. The lowest BCUT2D eigenvalue weighted by Crippen LogP contribution is -2.33. The third-order valence-corrected chi connectivity index (χ3v) is 5.22. The van der Waals surface area contributed by atoms with Gasteiger partial charge in [0.05, 0.1) is 11.6 Å². The molecule has 2 aromatic carbocycles. The molecule has 0 saturated carbocycles. The molecule has 0 bridgehead atoms. The Labute approximate surface area is 145 Å². The van der Waals surface area contributed by atoms with Crippen LogP contribution in [0.5, 0.6) is 0 Å². The Kier molecular flexibility index (Phi) is 3.98. The van der Waals surface area contributed by atoms with Gasteiger partial charge >= 0.3 is 0 Å². The van der Waals surface area contributed by atoms with Gasteiger partial charge in [0, 0.05) is 11.1 Å².